The zero-order valence-corrected chi connectivity index (χ0v) is 15.2. The molecule has 6 nitrogen and oxygen atoms in total. The number of benzene rings is 1. The van der Waals surface area contributed by atoms with E-state index in [4.69, 9.17) is 0 Å². The molecule has 1 aromatic rings. The fourth-order valence-corrected chi connectivity index (χ4v) is 4.64. The molecule has 0 saturated carbocycles. The number of anilines is 1. The number of likely N-dealkylation sites (tertiary alicyclic amines) is 2. The van der Waals surface area contributed by atoms with E-state index >= 15 is 0 Å². The first-order valence-corrected chi connectivity index (χ1v) is 9.42. The number of fused-ring (bicyclic) bond motifs is 1. The number of carbonyl (C=O) groups is 3. The van der Waals surface area contributed by atoms with Crippen molar-refractivity contribution in [2.24, 2.45) is 5.41 Å². The number of para-hydroxylation sites is 1. The second kappa shape index (κ2) is 6.41. The molecule has 3 amide bonds. The zero-order chi connectivity index (χ0) is 18.3. The van der Waals surface area contributed by atoms with E-state index < -0.39 is 5.41 Å². The molecular formula is C20H25N3O3. The highest BCUT2D eigenvalue weighted by molar-refractivity contribution is 6.01. The lowest BCUT2D eigenvalue weighted by Crippen LogP contribution is -2.49. The molecule has 1 aromatic carbocycles. The summed E-state index contributed by atoms with van der Waals surface area (Å²) in [6, 6.07) is 7.78. The molecule has 138 valence electrons. The third-order valence-corrected chi connectivity index (χ3v) is 6.14. The second-order valence-electron chi connectivity index (χ2n) is 7.78. The fourth-order valence-electron chi connectivity index (χ4n) is 4.64. The van der Waals surface area contributed by atoms with Crippen molar-refractivity contribution < 1.29 is 14.4 Å². The van der Waals surface area contributed by atoms with Crippen LogP contribution in [0.15, 0.2) is 24.3 Å². The Morgan fingerprint density at radius 1 is 1.12 bits per heavy atom. The summed E-state index contributed by atoms with van der Waals surface area (Å²) in [4.78, 5) is 43.1. The maximum atomic E-state index is 12.9. The lowest BCUT2D eigenvalue weighted by Gasteiger charge is -2.37. The van der Waals surface area contributed by atoms with Crippen molar-refractivity contribution in [2.75, 3.05) is 38.1 Å². The predicted octanol–water partition coefficient (Wildman–Crippen LogP) is 1.44. The van der Waals surface area contributed by atoms with Gasteiger partial charge in [0.05, 0.1) is 5.41 Å². The fraction of sp³-hybridized carbons (Fsp3) is 0.550. The van der Waals surface area contributed by atoms with Crippen molar-refractivity contribution in [3.63, 3.8) is 0 Å². The quantitative estimate of drug-likeness (QED) is 0.806. The van der Waals surface area contributed by atoms with Crippen LogP contribution in [0.25, 0.3) is 0 Å². The van der Waals surface area contributed by atoms with E-state index in [0.717, 1.165) is 43.5 Å². The highest BCUT2D eigenvalue weighted by atomic mass is 16.2. The molecule has 2 fully saturated rings. The third-order valence-electron chi connectivity index (χ3n) is 6.14. The van der Waals surface area contributed by atoms with Crippen LogP contribution in [-0.4, -0.2) is 60.7 Å². The zero-order valence-electron chi connectivity index (χ0n) is 15.2. The van der Waals surface area contributed by atoms with E-state index in [-0.39, 0.29) is 24.3 Å². The summed E-state index contributed by atoms with van der Waals surface area (Å²) in [5, 5.41) is 0. The van der Waals surface area contributed by atoms with Gasteiger partial charge in [0.1, 0.15) is 6.54 Å². The molecule has 3 heterocycles. The van der Waals surface area contributed by atoms with E-state index in [9.17, 15) is 14.4 Å². The molecule has 1 atom stereocenters. The van der Waals surface area contributed by atoms with Crippen LogP contribution >= 0.6 is 0 Å². The van der Waals surface area contributed by atoms with Gasteiger partial charge in [0, 0.05) is 38.8 Å². The summed E-state index contributed by atoms with van der Waals surface area (Å²) in [6.45, 7) is 1.95. The van der Waals surface area contributed by atoms with Crippen molar-refractivity contribution in [3.05, 3.63) is 29.8 Å². The SMILES string of the molecule is CN1CCC[C@]2(CCN(C(=O)CN3C(=O)CCc4ccccc43)C2)C1=O. The molecule has 3 aliphatic rings. The molecule has 1 spiro atoms. The van der Waals surface area contributed by atoms with Crippen LogP contribution < -0.4 is 4.90 Å². The first-order chi connectivity index (χ1) is 12.5. The number of piperidine rings is 1. The molecule has 0 unspecified atom stereocenters. The van der Waals surface area contributed by atoms with Crippen LogP contribution in [0.4, 0.5) is 5.69 Å². The van der Waals surface area contributed by atoms with Gasteiger partial charge in [-0.1, -0.05) is 18.2 Å². The van der Waals surface area contributed by atoms with E-state index in [1.165, 1.54) is 0 Å². The van der Waals surface area contributed by atoms with Gasteiger partial charge < -0.3 is 14.7 Å². The van der Waals surface area contributed by atoms with Crippen LogP contribution in [0.2, 0.25) is 0 Å². The number of carbonyl (C=O) groups excluding carboxylic acids is 3. The van der Waals surface area contributed by atoms with Gasteiger partial charge in [-0.3, -0.25) is 14.4 Å². The van der Waals surface area contributed by atoms with Gasteiger partial charge in [0.2, 0.25) is 17.7 Å². The minimum absolute atomic E-state index is 0.000522. The topological polar surface area (TPSA) is 60.9 Å². The van der Waals surface area contributed by atoms with E-state index in [1.807, 2.05) is 31.3 Å². The number of hydrogen-bond acceptors (Lipinski definition) is 3. The van der Waals surface area contributed by atoms with E-state index in [2.05, 4.69) is 0 Å². The molecule has 0 aliphatic carbocycles. The lowest BCUT2D eigenvalue weighted by atomic mass is 9.78. The minimum atomic E-state index is -0.410. The molecule has 4 rings (SSSR count). The highest BCUT2D eigenvalue weighted by Gasteiger charge is 2.48. The summed E-state index contributed by atoms with van der Waals surface area (Å²) < 4.78 is 0. The van der Waals surface area contributed by atoms with Crippen molar-refractivity contribution in [1.82, 2.24) is 9.80 Å². The molecule has 0 bridgehead atoms. The first kappa shape index (κ1) is 17.1. The molecule has 2 saturated heterocycles. The van der Waals surface area contributed by atoms with E-state index in [1.54, 1.807) is 14.7 Å². The Kier molecular flexibility index (Phi) is 4.21. The van der Waals surface area contributed by atoms with Gasteiger partial charge in [-0.15, -0.1) is 0 Å². The minimum Gasteiger partial charge on any atom is -0.345 e. The average Bonchev–Trinajstić information content (AvgIpc) is 3.07. The second-order valence-corrected chi connectivity index (χ2v) is 7.78. The van der Waals surface area contributed by atoms with E-state index in [0.29, 0.717) is 19.5 Å². The smallest absolute Gasteiger partial charge is 0.242 e. The van der Waals surface area contributed by atoms with Crippen LogP contribution in [-0.2, 0) is 20.8 Å². The molecule has 3 aliphatic heterocycles. The van der Waals surface area contributed by atoms with Gasteiger partial charge in [-0.05, 0) is 37.3 Å². The standard InChI is InChI=1S/C20H25N3O3/c1-21-11-4-9-20(19(21)26)10-12-22(14-20)18(25)13-23-16-6-3-2-5-15(16)7-8-17(23)24/h2-3,5-6H,4,7-14H2,1H3/t20-/m1/s1. The molecular weight excluding hydrogens is 330 g/mol. The predicted molar refractivity (Wildman–Crippen MR) is 97.6 cm³/mol. The molecule has 6 heteroatoms. The lowest BCUT2D eigenvalue weighted by molar-refractivity contribution is -0.144. The molecule has 0 N–H and O–H groups in total. The van der Waals surface area contributed by atoms with Crippen LogP contribution in [0.1, 0.15) is 31.2 Å². The van der Waals surface area contributed by atoms with Crippen molar-refractivity contribution >= 4 is 23.4 Å². The number of nitrogens with zero attached hydrogens (tertiary/aromatic N) is 3. The summed E-state index contributed by atoms with van der Waals surface area (Å²) in [5.41, 5.74) is 1.55. The first-order valence-electron chi connectivity index (χ1n) is 9.42. The normalized spacial score (nSPS) is 25.8. The Morgan fingerprint density at radius 2 is 1.92 bits per heavy atom. The maximum absolute atomic E-state index is 12.9. The Hall–Kier alpha value is -2.37. The molecule has 0 radical (unpaired) electrons. The summed E-state index contributed by atoms with van der Waals surface area (Å²) in [6.07, 6.45) is 3.74. The monoisotopic (exact) mass is 355 g/mol. The Morgan fingerprint density at radius 3 is 2.77 bits per heavy atom. The Balaban J connectivity index is 1.48. The number of amides is 3. The van der Waals surface area contributed by atoms with Gasteiger partial charge in [0.25, 0.3) is 0 Å². The number of aryl methyl sites for hydroxylation is 1. The van der Waals surface area contributed by atoms with Crippen LogP contribution in [0.3, 0.4) is 0 Å². The largest absolute Gasteiger partial charge is 0.345 e. The number of hydrogen-bond donors (Lipinski definition) is 0. The van der Waals surface area contributed by atoms with Gasteiger partial charge in [-0.2, -0.15) is 0 Å². The summed E-state index contributed by atoms with van der Waals surface area (Å²) in [5.74, 6) is 0.103. The van der Waals surface area contributed by atoms with Crippen LogP contribution in [0.5, 0.6) is 0 Å². The van der Waals surface area contributed by atoms with Crippen LogP contribution in [0, 0.1) is 5.41 Å². The average molecular weight is 355 g/mol. The van der Waals surface area contributed by atoms with Crippen molar-refractivity contribution in [1.29, 1.82) is 0 Å². The van der Waals surface area contributed by atoms with Crippen molar-refractivity contribution in [3.8, 4) is 0 Å². The summed E-state index contributed by atoms with van der Waals surface area (Å²) in [7, 11) is 1.84. The Labute approximate surface area is 153 Å². The molecule has 0 aromatic heterocycles. The Bertz CT molecular complexity index is 762. The van der Waals surface area contributed by atoms with Gasteiger partial charge in [0.15, 0.2) is 0 Å². The maximum Gasteiger partial charge on any atom is 0.242 e. The number of rotatable bonds is 2. The third kappa shape index (κ3) is 2.77. The van der Waals surface area contributed by atoms with Crippen molar-refractivity contribution in [2.45, 2.75) is 32.1 Å². The van der Waals surface area contributed by atoms with Gasteiger partial charge >= 0.3 is 0 Å². The highest BCUT2D eigenvalue weighted by Crippen LogP contribution is 2.39. The molecule has 26 heavy (non-hydrogen) atoms. The van der Waals surface area contributed by atoms with Gasteiger partial charge in [-0.25, -0.2) is 0 Å². The summed E-state index contributed by atoms with van der Waals surface area (Å²) >= 11 is 0.